The fourth-order valence-corrected chi connectivity index (χ4v) is 9.13. The Morgan fingerprint density at radius 3 is 2.45 bits per heavy atom. The van der Waals surface area contributed by atoms with Crippen molar-refractivity contribution < 1.29 is 36.7 Å². The number of nitriles is 1. The Bertz CT molecular complexity index is 1930. The number of benzene rings is 1. The molecule has 270 valence electrons. The number of carbonyl (C=O) groups excluding carboxylic acids is 2. The summed E-state index contributed by atoms with van der Waals surface area (Å²) in [6.07, 6.45) is 0.114. The van der Waals surface area contributed by atoms with Gasteiger partial charge in [-0.1, -0.05) is 0 Å². The van der Waals surface area contributed by atoms with Crippen LogP contribution in [-0.4, -0.2) is 88.3 Å². The Hall–Kier alpha value is -4.45. The zero-order valence-corrected chi connectivity index (χ0v) is 28.8. The number of nitrogens with one attached hydrogen (secondary N) is 1. The first-order valence-corrected chi connectivity index (χ1v) is 17.5. The summed E-state index contributed by atoms with van der Waals surface area (Å²) in [5.74, 6) is 0.0822. The number of halogens is 3. The van der Waals surface area contributed by atoms with Crippen molar-refractivity contribution in [2.24, 2.45) is 5.41 Å². The lowest BCUT2D eigenvalue weighted by molar-refractivity contribution is -0.187. The van der Waals surface area contributed by atoms with Crippen molar-refractivity contribution in [3.8, 4) is 6.07 Å². The molecular weight excluding hydrogens is 667 g/mol. The maximum Gasteiger partial charge on any atom is 0.411 e. The van der Waals surface area contributed by atoms with E-state index in [1.807, 2.05) is 0 Å². The Kier molecular flexibility index (Phi) is 7.44. The molecule has 2 amide bonds. The molecule has 2 saturated heterocycles. The molecule has 1 N–H and O–H groups in total. The summed E-state index contributed by atoms with van der Waals surface area (Å²) >= 11 is 0. The summed E-state index contributed by atoms with van der Waals surface area (Å²) in [6, 6.07) is 8.07. The Balaban J connectivity index is 0.996. The predicted molar refractivity (Wildman–Crippen MR) is 176 cm³/mol. The monoisotopic (exact) mass is 707 g/mol. The lowest BCUT2D eigenvalue weighted by Crippen LogP contribution is -2.63. The maximum absolute atomic E-state index is 14.9. The molecule has 15 heteroatoms. The van der Waals surface area contributed by atoms with Crippen molar-refractivity contribution >= 4 is 28.6 Å². The number of fused-ring (bicyclic) bond motifs is 5. The number of hydrogen-bond donors (Lipinski definition) is 1. The highest BCUT2D eigenvalue weighted by atomic mass is 19.4. The molecule has 1 aromatic carbocycles. The number of amides is 2. The number of hydrogen-bond acceptors (Lipinski definition) is 10. The molecule has 0 spiro atoms. The molecule has 12 nitrogen and oxygen atoms in total. The van der Waals surface area contributed by atoms with Crippen molar-refractivity contribution in [1.82, 2.24) is 25.4 Å². The molecule has 0 radical (unpaired) electrons. The largest absolute Gasteiger partial charge is 0.444 e. The van der Waals surface area contributed by atoms with Gasteiger partial charge in [0.2, 0.25) is 17.7 Å². The molecule has 2 aromatic heterocycles. The van der Waals surface area contributed by atoms with E-state index in [1.165, 1.54) is 4.90 Å². The lowest BCUT2D eigenvalue weighted by Gasteiger charge is -2.52. The number of alkyl halides is 3. The second-order valence-corrected chi connectivity index (χ2v) is 16.1. The second kappa shape index (κ2) is 11.3. The standard InChI is InChI=1S/C36H40F3N7O5/c1-31(2,3)51-30(48)46-15-16-49-18-25(46)27(47)42-33-11-8-32(9-12-33,10-13-33)28-43-44-29(50-28)34-19-35(34,36(37,38)39)21-45(20-34)24-7-6-22(17-40)26-23(24)5-4-14-41-26/h4-7,14,25H,8-13,15-16,18-21H2,1-3H3,(H,42,47)/t25-,32?,33?,34-,35-/m0/s1. The van der Waals surface area contributed by atoms with Gasteiger partial charge in [-0.3, -0.25) is 14.7 Å². The van der Waals surface area contributed by atoms with Gasteiger partial charge < -0.3 is 24.1 Å². The van der Waals surface area contributed by atoms with Crippen molar-refractivity contribution in [3.63, 3.8) is 0 Å². The summed E-state index contributed by atoms with van der Waals surface area (Å²) in [6.45, 7) is 5.74. The summed E-state index contributed by atoms with van der Waals surface area (Å²) in [5, 5.41) is 22.2. The topological polar surface area (TPSA) is 147 Å². The fraction of sp³-hybridized carbons (Fsp3) is 0.611. The van der Waals surface area contributed by atoms with E-state index >= 15 is 0 Å². The first kappa shape index (κ1) is 33.7. The van der Waals surface area contributed by atoms with Gasteiger partial charge in [-0.15, -0.1) is 10.2 Å². The van der Waals surface area contributed by atoms with Gasteiger partial charge in [0.05, 0.1) is 29.7 Å². The SMILES string of the molecule is CC(C)(C)OC(=O)N1CCOC[C@H]1C(=O)NC12CCC(c3nnc([C@]45CN(c6ccc(C#N)c7ncccc67)C[C@@]4(C(F)(F)F)C5)o3)(CC1)CC2. The number of anilines is 1. The minimum atomic E-state index is -4.51. The second-order valence-electron chi connectivity index (χ2n) is 16.1. The lowest BCUT2D eigenvalue weighted by atomic mass is 9.57. The zero-order chi connectivity index (χ0) is 36.0. The van der Waals surface area contributed by atoms with Crippen LogP contribution in [0.3, 0.4) is 0 Å². The van der Waals surface area contributed by atoms with Gasteiger partial charge in [-0.25, -0.2) is 4.79 Å². The van der Waals surface area contributed by atoms with Gasteiger partial charge in [-0.05, 0) is 90.0 Å². The number of aromatic nitrogens is 3. The van der Waals surface area contributed by atoms with Crippen molar-refractivity contribution in [2.45, 2.75) is 99.9 Å². The maximum atomic E-state index is 14.9. The molecule has 6 aliphatic rings. The Labute approximate surface area is 292 Å². The van der Waals surface area contributed by atoms with E-state index in [2.05, 4.69) is 26.6 Å². The van der Waals surface area contributed by atoms with Crippen LogP contribution in [0.2, 0.25) is 0 Å². The summed E-state index contributed by atoms with van der Waals surface area (Å²) in [5.41, 5.74) is -3.73. The number of morpholine rings is 1. The van der Waals surface area contributed by atoms with E-state index in [1.54, 1.807) is 56.1 Å². The smallest absolute Gasteiger partial charge is 0.411 e. The van der Waals surface area contributed by atoms with Crippen LogP contribution in [0, 0.1) is 16.7 Å². The number of rotatable bonds is 5. The number of piperidine rings is 1. The highest BCUT2D eigenvalue weighted by molar-refractivity contribution is 5.95. The number of pyridine rings is 1. The van der Waals surface area contributed by atoms with Gasteiger partial charge in [0.1, 0.15) is 23.1 Å². The average Bonchev–Trinajstić information content (AvgIpc) is 3.38. The summed E-state index contributed by atoms with van der Waals surface area (Å²) < 4.78 is 62.2. The average molecular weight is 708 g/mol. The van der Waals surface area contributed by atoms with Crippen molar-refractivity contribution in [2.75, 3.05) is 37.7 Å². The van der Waals surface area contributed by atoms with E-state index in [-0.39, 0.29) is 44.5 Å². The first-order chi connectivity index (χ1) is 24.1. The van der Waals surface area contributed by atoms with Crippen molar-refractivity contribution in [1.29, 1.82) is 5.26 Å². The molecule has 4 aliphatic carbocycles. The zero-order valence-electron chi connectivity index (χ0n) is 28.8. The van der Waals surface area contributed by atoms with Gasteiger partial charge in [-0.2, -0.15) is 18.4 Å². The molecule has 2 aliphatic heterocycles. The molecule has 4 heterocycles. The molecule has 2 bridgehead atoms. The van der Waals surface area contributed by atoms with Crippen LogP contribution < -0.4 is 10.2 Å². The minimum absolute atomic E-state index is 0.0121. The van der Waals surface area contributed by atoms with E-state index < -0.39 is 45.7 Å². The number of nitrogens with zero attached hydrogens (tertiary/aromatic N) is 6. The molecule has 9 rings (SSSR count). The molecule has 3 atom stereocenters. The molecule has 51 heavy (non-hydrogen) atoms. The van der Waals surface area contributed by atoms with E-state index in [0.717, 1.165) is 0 Å². The number of carbonyl (C=O) groups is 2. The van der Waals surface area contributed by atoms with E-state index in [0.29, 0.717) is 73.2 Å². The molecule has 3 aromatic rings. The summed E-state index contributed by atoms with van der Waals surface area (Å²) in [4.78, 5) is 34.0. The van der Waals surface area contributed by atoms with Gasteiger partial charge in [0.25, 0.3) is 0 Å². The van der Waals surface area contributed by atoms with Crippen LogP contribution in [0.15, 0.2) is 34.9 Å². The van der Waals surface area contributed by atoms with Crippen LogP contribution in [-0.2, 0) is 25.1 Å². The minimum Gasteiger partial charge on any atom is -0.444 e. The summed E-state index contributed by atoms with van der Waals surface area (Å²) in [7, 11) is 0. The first-order valence-electron chi connectivity index (χ1n) is 17.5. The van der Waals surface area contributed by atoms with Crippen LogP contribution >= 0.6 is 0 Å². The Morgan fingerprint density at radius 1 is 1.04 bits per heavy atom. The van der Waals surface area contributed by atoms with Gasteiger partial charge >= 0.3 is 12.3 Å². The predicted octanol–water partition coefficient (Wildman–Crippen LogP) is 5.30. The quantitative estimate of drug-likeness (QED) is 0.371. The van der Waals surface area contributed by atoms with E-state index in [4.69, 9.17) is 13.9 Å². The van der Waals surface area contributed by atoms with Crippen LogP contribution in [0.1, 0.15) is 83.1 Å². The normalized spacial score (nSPS) is 31.7. The highest BCUT2D eigenvalue weighted by Gasteiger charge is 2.86. The van der Waals surface area contributed by atoms with Crippen molar-refractivity contribution in [3.05, 3.63) is 47.8 Å². The molecule has 6 fully saturated rings. The van der Waals surface area contributed by atoms with E-state index in [9.17, 15) is 28.0 Å². The third kappa shape index (κ3) is 5.23. The molecular formula is C36H40F3N7O5. The van der Waals surface area contributed by atoms with Crippen LogP contribution in [0.4, 0.5) is 23.7 Å². The van der Waals surface area contributed by atoms with Gasteiger partial charge in [0, 0.05) is 47.9 Å². The third-order valence-electron chi connectivity index (χ3n) is 12.0. The van der Waals surface area contributed by atoms with Crippen LogP contribution in [0.25, 0.3) is 10.9 Å². The molecule has 4 saturated carbocycles. The Morgan fingerprint density at radius 2 is 1.76 bits per heavy atom. The highest BCUT2D eigenvalue weighted by Crippen LogP contribution is 2.75. The van der Waals surface area contributed by atoms with Crippen LogP contribution in [0.5, 0.6) is 0 Å². The number of ether oxygens (including phenoxy) is 2. The fourth-order valence-electron chi connectivity index (χ4n) is 9.13. The third-order valence-corrected chi connectivity index (χ3v) is 12.0. The van der Waals surface area contributed by atoms with Gasteiger partial charge in [0.15, 0.2) is 0 Å². The molecule has 0 unspecified atom stereocenters.